The standard InChI is InChI=1S/C18H25NO4/c1-19(11-8-15-9-12-23-13-10-15)17(20)7-4-14-2-5-16(6-3-14)18(21)22/h2-3,5-6,15H,4,7-13H2,1H3,(H,21,22). The Hall–Kier alpha value is -1.88. The molecule has 1 N–H and O–H groups in total. The molecule has 0 bridgehead atoms. The average molecular weight is 319 g/mol. The second-order valence-corrected chi connectivity index (χ2v) is 6.16. The van der Waals surface area contributed by atoms with Gasteiger partial charge in [-0.1, -0.05) is 12.1 Å². The number of carboxylic acids is 1. The summed E-state index contributed by atoms with van der Waals surface area (Å²) in [5.74, 6) is -0.123. The Morgan fingerprint density at radius 1 is 1.22 bits per heavy atom. The maximum absolute atomic E-state index is 12.2. The van der Waals surface area contributed by atoms with E-state index in [1.807, 2.05) is 7.05 Å². The van der Waals surface area contributed by atoms with Crippen LogP contribution in [0.2, 0.25) is 0 Å². The molecule has 0 atom stereocenters. The molecule has 1 heterocycles. The summed E-state index contributed by atoms with van der Waals surface area (Å²) in [6, 6.07) is 6.71. The normalized spacial score (nSPS) is 15.3. The third-order valence-corrected chi connectivity index (χ3v) is 4.47. The summed E-state index contributed by atoms with van der Waals surface area (Å²) in [4.78, 5) is 24.8. The maximum atomic E-state index is 12.2. The first-order valence-corrected chi connectivity index (χ1v) is 8.20. The van der Waals surface area contributed by atoms with Gasteiger partial charge < -0.3 is 14.7 Å². The van der Waals surface area contributed by atoms with Crippen LogP contribution < -0.4 is 0 Å². The minimum atomic E-state index is -0.930. The average Bonchev–Trinajstić information content (AvgIpc) is 2.58. The van der Waals surface area contributed by atoms with Gasteiger partial charge in [0.2, 0.25) is 5.91 Å². The fourth-order valence-electron chi connectivity index (χ4n) is 2.79. The lowest BCUT2D eigenvalue weighted by atomic mass is 9.96. The number of nitrogens with zero attached hydrogens (tertiary/aromatic N) is 1. The highest BCUT2D eigenvalue weighted by atomic mass is 16.5. The summed E-state index contributed by atoms with van der Waals surface area (Å²) in [5.41, 5.74) is 1.26. The van der Waals surface area contributed by atoms with E-state index < -0.39 is 5.97 Å². The minimum Gasteiger partial charge on any atom is -0.478 e. The molecule has 0 saturated carbocycles. The molecule has 23 heavy (non-hydrogen) atoms. The van der Waals surface area contributed by atoms with Crippen LogP contribution in [0, 0.1) is 5.92 Å². The smallest absolute Gasteiger partial charge is 0.335 e. The van der Waals surface area contributed by atoms with E-state index in [9.17, 15) is 9.59 Å². The second kappa shape index (κ2) is 8.67. The highest BCUT2D eigenvalue weighted by Gasteiger charge is 2.16. The first kappa shape index (κ1) is 17.5. The molecule has 1 aromatic carbocycles. The summed E-state index contributed by atoms with van der Waals surface area (Å²) >= 11 is 0. The Balaban J connectivity index is 1.71. The molecule has 1 fully saturated rings. The van der Waals surface area contributed by atoms with Crippen molar-refractivity contribution in [3.8, 4) is 0 Å². The van der Waals surface area contributed by atoms with Gasteiger partial charge in [0.25, 0.3) is 0 Å². The molecular weight excluding hydrogens is 294 g/mol. The van der Waals surface area contributed by atoms with Crippen molar-refractivity contribution in [2.45, 2.75) is 32.1 Å². The quantitative estimate of drug-likeness (QED) is 0.839. The highest BCUT2D eigenvalue weighted by Crippen LogP contribution is 2.18. The lowest BCUT2D eigenvalue weighted by Crippen LogP contribution is -2.30. The van der Waals surface area contributed by atoms with Gasteiger partial charge in [0.05, 0.1) is 5.56 Å². The van der Waals surface area contributed by atoms with Crippen LogP contribution in [0.3, 0.4) is 0 Å². The van der Waals surface area contributed by atoms with Gasteiger partial charge in [-0.05, 0) is 49.3 Å². The molecule has 1 aliphatic heterocycles. The predicted octanol–water partition coefficient (Wildman–Crippen LogP) is 2.59. The van der Waals surface area contributed by atoms with Crippen LogP contribution in [0.1, 0.15) is 41.6 Å². The zero-order chi connectivity index (χ0) is 16.7. The largest absolute Gasteiger partial charge is 0.478 e. The Morgan fingerprint density at radius 3 is 2.48 bits per heavy atom. The van der Waals surface area contributed by atoms with Crippen molar-refractivity contribution in [3.63, 3.8) is 0 Å². The number of carbonyl (C=O) groups excluding carboxylic acids is 1. The first-order valence-electron chi connectivity index (χ1n) is 8.20. The van der Waals surface area contributed by atoms with Crippen molar-refractivity contribution in [1.82, 2.24) is 4.90 Å². The summed E-state index contributed by atoms with van der Waals surface area (Å²) < 4.78 is 5.35. The van der Waals surface area contributed by atoms with Crippen LogP contribution in [0.4, 0.5) is 0 Å². The fourth-order valence-corrected chi connectivity index (χ4v) is 2.79. The van der Waals surface area contributed by atoms with E-state index in [2.05, 4.69) is 0 Å². The van der Waals surface area contributed by atoms with Gasteiger partial charge >= 0.3 is 5.97 Å². The molecule has 0 aromatic heterocycles. The van der Waals surface area contributed by atoms with Crippen molar-refractivity contribution in [3.05, 3.63) is 35.4 Å². The molecular formula is C18H25NO4. The highest BCUT2D eigenvalue weighted by molar-refractivity contribution is 5.87. The SMILES string of the molecule is CN(CCC1CCOCC1)C(=O)CCc1ccc(C(=O)O)cc1. The van der Waals surface area contributed by atoms with Crippen molar-refractivity contribution in [1.29, 1.82) is 0 Å². The second-order valence-electron chi connectivity index (χ2n) is 6.16. The summed E-state index contributed by atoms with van der Waals surface area (Å²) in [6.07, 6.45) is 4.33. The topological polar surface area (TPSA) is 66.8 Å². The molecule has 0 radical (unpaired) electrons. The Labute approximate surface area is 137 Å². The number of carbonyl (C=O) groups is 2. The zero-order valence-corrected chi connectivity index (χ0v) is 13.7. The lowest BCUT2D eigenvalue weighted by Gasteiger charge is -2.25. The third kappa shape index (κ3) is 5.67. The number of rotatable bonds is 7. The molecule has 126 valence electrons. The summed E-state index contributed by atoms with van der Waals surface area (Å²) in [6.45, 7) is 2.48. The van der Waals surface area contributed by atoms with Crippen molar-refractivity contribution in [2.24, 2.45) is 5.92 Å². The van der Waals surface area contributed by atoms with Crippen molar-refractivity contribution >= 4 is 11.9 Å². The van der Waals surface area contributed by atoms with E-state index in [-0.39, 0.29) is 11.5 Å². The number of carboxylic acid groups (broad SMARTS) is 1. The molecule has 0 aliphatic carbocycles. The number of hydrogen-bond donors (Lipinski definition) is 1. The predicted molar refractivity (Wildman–Crippen MR) is 87.5 cm³/mol. The van der Waals surface area contributed by atoms with Crippen LogP contribution in [0.5, 0.6) is 0 Å². The van der Waals surface area contributed by atoms with Gasteiger partial charge in [-0.25, -0.2) is 4.79 Å². The van der Waals surface area contributed by atoms with Gasteiger partial charge in [-0.2, -0.15) is 0 Å². The summed E-state index contributed by atoms with van der Waals surface area (Å²) in [5, 5.41) is 8.86. The Bertz CT molecular complexity index is 520. The molecule has 0 spiro atoms. The fraction of sp³-hybridized carbons (Fsp3) is 0.556. The summed E-state index contributed by atoms with van der Waals surface area (Å²) in [7, 11) is 1.86. The zero-order valence-electron chi connectivity index (χ0n) is 13.7. The Kier molecular flexibility index (Phi) is 6.59. The molecule has 0 unspecified atom stereocenters. The van der Waals surface area contributed by atoms with Crippen molar-refractivity contribution in [2.75, 3.05) is 26.8 Å². The number of amides is 1. The molecule has 1 saturated heterocycles. The van der Waals surface area contributed by atoms with Gasteiger partial charge in [0.1, 0.15) is 0 Å². The van der Waals surface area contributed by atoms with Gasteiger partial charge in [0, 0.05) is 33.2 Å². The lowest BCUT2D eigenvalue weighted by molar-refractivity contribution is -0.130. The minimum absolute atomic E-state index is 0.138. The van der Waals surface area contributed by atoms with E-state index in [0.29, 0.717) is 18.8 Å². The van der Waals surface area contributed by atoms with E-state index in [0.717, 1.165) is 44.6 Å². The van der Waals surface area contributed by atoms with Crippen LogP contribution in [0.15, 0.2) is 24.3 Å². The van der Waals surface area contributed by atoms with E-state index in [4.69, 9.17) is 9.84 Å². The van der Waals surface area contributed by atoms with Crippen molar-refractivity contribution < 1.29 is 19.4 Å². The monoisotopic (exact) mass is 319 g/mol. The maximum Gasteiger partial charge on any atom is 0.335 e. The van der Waals surface area contributed by atoms with E-state index in [1.165, 1.54) is 0 Å². The number of benzene rings is 1. The first-order chi connectivity index (χ1) is 11.1. The van der Waals surface area contributed by atoms with Crippen LogP contribution in [0.25, 0.3) is 0 Å². The van der Waals surface area contributed by atoms with Gasteiger partial charge in [-0.15, -0.1) is 0 Å². The van der Waals surface area contributed by atoms with Crippen LogP contribution >= 0.6 is 0 Å². The molecule has 1 aliphatic rings. The number of aromatic carboxylic acids is 1. The number of ether oxygens (including phenoxy) is 1. The Morgan fingerprint density at radius 2 is 1.87 bits per heavy atom. The van der Waals surface area contributed by atoms with E-state index in [1.54, 1.807) is 29.2 Å². The molecule has 1 amide bonds. The van der Waals surface area contributed by atoms with Gasteiger partial charge in [0.15, 0.2) is 0 Å². The molecule has 5 nitrogen and oxygen atoms in total. The number of hydrogen-bond acceptors (Lipinski definition) is 3. The number of aryl methyl sites for hydroxylation is 1. The van der Waals surface area contributed by atoms with Crippen LogP contribution in [-0.4, -0.2) is 48.7 Å². The molecule has 1 aromatic rings. The van der Waals surface area contributed by atoms with E-state index >= 15 is 0 Å². The third-order valence-electron chi connectivity index (χ3n) is 4.47. The molecule has 2 rings (SSSR count). The van der Waals surface area contributed by atoms with Gasteiger partial charge in [-0.3, -0.25) is 4.79 Å². The van der Waals surface area contributed by atoms with Crippen LogP contribution in [-0.2, 0) is 16.0 Å². The molecule has 5 heteroatoms.